The minimum absolute atomic E-state index is 0.0481. The number of rotatable bonds is 6. The van der Waals surface area contributed by atoms with Crippen molar-refractivity contribution in [3.05, 3.63) is 70.7 Å². The smallest absolute Gasteiger partial charge is 0.355 e. The first-order valence-corrected chi connectivity index (χ1v) is 8.00. The van der Waals surface area contributed by atoms with Crippen LogP contribution in [-0.4, -0.2) is 22.3 Å². The first-order chi connectivity index (χ1) is 11.7. The molecule has 120 valence electrons. The summed E-state index contributed by atoms with van der Waals surface area (Å²) in [6, 6.07) is 14.5. The lowest BCUT2D eigenvalue weighted by Gasteiger charge is -2.07. The molecule has 0 saturated heterocycles. The molecule has 5 nitrogen and oxygen atoms in total. The number of hydrogen-bond acceptors (Lipinski definition) is 5. The lowest BCUT2D eigenvalue weighted by molar-refractivity contribution is 0.0691. The zero-order valence-corrected chi connectivity index (χ0v) is 13.3. The molecule has 0 saturated carbocycles. The molecule has 0 aliphatic rings. The number of carbonyl (C=O) groups excluding carboxylic acids is 1. The summed E-state index contributed by atoms with van der Waals surface area (Å²) in [5, 5.41) is 11.1. The van der Waals surface area contributed by atoms with Crippen LogP contribution < -0.4 is 4.74 Å². The van der Waals surface area contributed by atoms with E-state index in [0.717, 1.165) is 17.4 Å². The van der Waals surface area contributed by atoms with E-state index in [-0.39, 0.29) is 5.69 Å². The van der Waals surface area contributed by atoms with E-state index >= 15 is 0 Å². The Kier molecular flexibility index (Phi) is 4.67. The number of carbonyl (C=O) groups is 2. The molecule has 24 heavy (non-hydrogen) atoms. The van der Waals surface area contributed by atoms with Gasteiger partial charge in [-0.3, -0.25) is 4.79 Å². The highest BCUT2D eigenvalue weighted by atomic mass is 32.1. The van der Waals surface area contributed by atoms with Gasteiger partial charge in [-0.25, -0.2) is 9.78 Å². The molecule has 3 aromatic rings. The zero-order chi connectivity index (χ0) is 16.9. The molecule has 0 radical (unpaired) electrons. The third kappa shape index (κ3) is 3.67. The van der Waals surface area contributed by atoms with E-state index in [1.807, 2.05) is 24.3 Å². The van der Waals surface area contributed by atoms with Crippen molar-refractivity contribution in [1.29, 1.82) is 0 Å². The first kappa shape index (κ1) is 15.9. The highest BCUT2D eigenvalue weighted by Gasteiger charge is 2.10. The molecule has 0 atom stereocenters. The average Bonchev–Trinajstić information content (AvgIpc) is 3.11. The second-order valence-corrected chi connectivity index (χ2v) is 5.88. The number of aromatic nitrogens is 1. The predicted molar refractivity (Wildman–Crippen MR) is 90.7 cm³/mol. The van der Waals surface area contributed by atoms with Crippen LogP contribution in [-0.2, 0) is 6.61 Å². The number of carboxylic acids is 1. The standard InChI is InChI=1S/C18H13NO4S/c20-9-12-4-6-15(7-5-12)23-10-13-2-1-3-14(8-13)17-19-16(11-24-17)18(21)22/h1-9,11H,10H2,(H,21,22). The van der Waals surface area contributed by atoms with E-state index in [2.05, 4.69) is 4.98 Å². The van der Waals surface area contributed by atoms with Gasteiger partial charge in [0.1, 0.15) is 23.7 Å². The minimum atomic E-state index is -1.03. The molecule has 0 fully saturated rings. The van der Waals surface area contributed by atoms with E-state index in [4.69, 9.17) is 9.84 Å². The summed E-state index contributed by atoms with van der Waals surface area (Å²) in [6.45, 7) is 0.367. The molecule has 0 amide bonds. The van der Waals surface area contributed by atoms with E-state index in [9.17, 15) is 9.59 Å². The first-order valence-electron chi connectivity index (χ1n) is 7.12. The fourth-order valence-corrected chi connectivity index (χ4v) is 2.90. The number of ether oxygens (including phenoxy) is 1. The molecule has 1 aromatic heterocycles. The normalized spacial score (nSPS) is 10.3. The van der Waals surface area contributed by atoms with Crippen LogP contribution in [0.15, 0.2) is 53.9 Å². The number of aldehydes is 1. The molecule has 1 heterocycles. The van der Waals surface area contributed by atoms with E-state index < -0.39 is 5.97 Å². The van der Waals surface area contributed by atoms with Crippen molar-refractivity contribution in [2.24, 2.45) is 0 Å². The third-order valence-corrected chi connectivity index (χ3v) is 4.21. The van der Waals surface area contributed by atoms with E-state index in [0.29, 0.717) is 22.9 Å². The van der Waals surface area contributed by atoms with E-state index in [1.54, 1.807) is 24.3 Å². The summed E-state index contributed by atoms with van der Waals surface area (Å²) < 4.78 is 5.70. The Morgan fingerprint density at radius 2 is 2.00 bits per heavy atom. The monoisotopic (exact) mass is 339 g/mol. The van der Waals surface area contributed by atoms with Gasteiger partial charge in [-0.2, -0.15) is 0 Å². The van der Waals surface area contributed by atoms with Crippen LogP contribution in [0.25, 0.3) is 10.6 Å². The zero-order valence-electron chi connectivity index (χ0n) is 12.5. The van der Waals surface area contributed by atoms with Crippen molar-refractivity contribution < 1.29 is 19.4 Å². The van der Waals surface area contributed by atoms with Crippen molar-refractivity contribution in [2.75, 3.05) is 0 Å². The molecule has 3 rings (SSSR count). The number of hydrogen-bond donors (Lipinski definition) is 1. The SMILES string of the molecule is O=Cc1ccc(OCc2cccc(-c3nc(C(=O)O)cs3)c2)cc1. The van der Waals surface area contributed by atoms with Crippen LogP contribution in [0, 0.1) is 0 Å². The average molecular weight is 339 g/mol. The Hall–Kier alpha value is -2.99. The van der Waals surface area contributed by atoms with Gasteiger partial charge in [0.05, 0.1) is 0 Å². The van der Waals surface area contributed by atoms with Crippen molar-refractivity contribution in [1.82, 2.24) is 4.98 Å². The van der Waals surface area contributed by atoms with Crippen LogP contribution in [0.2, 0.25) is 0 Å². The second-order valence-electron chi connectivity index (χ2n) is 5.02. The van der Waals surface area contributed by atoms with E-state index in [1.165, 1.54) is 16.7 Å². The van der Waals surface area contributed by atoms with Gasteiger partial charge in [0.25, 0.3) is 0 Å². The molecule has 0 unspecified atom stereocenters. The van der Waals surface area contributed by atoms with Crippen molar-refractivity contribution >= 4 is 23.6 Å². The summed E-state index contributed by atoms with van der Waals surface area (Å²) >= 11 is 1.29. The summed E-state index contributed by atoms with van der Waals surface area (Å²) in [6.07, 6.45) is 0.784. The van der Waals surface area contributed by atoms with Gasteiger partial charge >= 0.3 is 5.97 Å². The van der Waals surface area contributed by atoms with Gasteiger partial charge in [0.2, 0.25) is 0 Å². The van der Waals surface area contributed by atoms with Crippen LogP contribution >= 0.6 is 11.3 Å². The van der Waals surface area contributed by atoms with Gasteiger partial charge in [-0.05, 0) is 35.9 Å². The molecule has 1 N–H and O–H groups in total. The molecule has 0 aliphatic carbocycles. The van der Waals surface area contributed by atoms with Gasteiger partial charge in [0.15, 0.2) is 5.69 Å². The summed E-state index contributed by atoms with van der Waals surface area (Å²) in [5.41, 5.74) is 2.44. The summed E-state index contributed by atoms with van der Waals surface area (Å²) in [4.78, 5) is 25.7. The Balaban J connectivity index is 1.72. The maximum Gasteiger partial charge on any atom is 0.355 e. The molecular weight excluding hydrogens is 326 g/mol. The van der Waals surface area contributed by atoms with Crippen molar-refractivity contribution in [2.45, 2.75) is 6.61 Å². The lowest BCUT2D eigenvalue weighted by atomic mass is 10.1. The third-order valence-electron chi connectivity index (χ3n) is 3.32. The maximum atomic E-state index is 10.9. The van der Waals surface area contributed by atoms with Crippen molar-refractivity contribution in [3.63, 3.8) is 0 Å². The largest absolute Gasteiger partial charge is 0.489 e. The Morgan fingerprint density at radius 1 is 1.21 bits per heavy atom. The molecule has 2 aromatic carbocycles. The molecule has 0 spiro atoms. The molecular formula is C18H13NO4S. The Bertz CT molecular complexity index is 871. The highest BCUT2D eigenvalue weighted by Crippen LogP contribution is 2.25. The van der Waals surface area contributed by atoms with Gasteiger partial charge in [0, 0.05) is 16.5 Å². The summed E-state index contributed by atoms with van der Waals surface area (Å²) in [5.74, 6) is -0.357. The Morgan fingerprint density at radius 3 is 2.67 bits per heavy atom. The fraction of sp³-hybridized carbons (Fsp3) is 0.0556. The van der Waals surface area contributed by atoms with Crippen LogP contribution in [0.1, 0.15) is 26.4 Å². The quantitative estimate of drug-likeness (QED) is 0.689. The predicted octanol–water partition coefficient (Wildman–Crippen LogP) is 3.90. The van der Waals surface area contributed by atoms with Gasteiger partial charge in [-0.1, -0.05) is 18.2 Å². The number of nitrogens with zero attached hydrogens (tertiary/aromatic N) is 1. The number of benzene rings is 2. The van der Waals surface area contributed by atoms with Gasteiger partial charge < -0.3 is 9.84 Å². The van der Waals surface area contributed by atoms with Crippen LogP contribution in [0.3, 0.4) is 0 Å². The van der Waals surface area contributed by atoms with Crippen LogP contribution in [0.5, 0.6) is 5.75 Å². The number of carboxylic acid groups (broad SMARTS) is 1. The van der Waals surface area contributed by atoms with Crippen LogP contribution in [0.4, 0.5) is 0 Å². The molecule has 0 aliphatic heterocycles. The molecule has 0 bridgehead atoms. The second kappa shape index (κ2) is 7.06. The number of thiazole rings is 1. The minimum Gasteiger partial charge on any atom is -0.489 e. The summed E-state index contributed by atoms with van der Waals surface area (Å²) in [7, 11) is 0. The number of aromatic carboxylic acids is 1. The van der Waals surface area contributed by atoms with Gasteiger partial charge in [-0.15, -0.1) is 11.3 Å². The van der Waals surface area contributed by atoms with Crippen molar-refractivity contribution in [3.8, 4) is 16.3 Å². The maximum absolute atomic E-state index is 10.9. The lowest BCUT2D eigenvalue weighted by Crippen LogP contribution is -1.97. The topological polar surface area (TPSA) is 76.5 Å². The Labute approximate surface area is 142 Å². The fourth-order valence-electron chi connectivity index (χ4n) is 2.11. The molecule has 6 heteroatoms. The highest BCUT2D eigenvalue weighted by molar-refractivity contribution is 7.13.